The SMILES string of the molecule is CCc1cc(C(=O)Nc2ccc([N+](=O)[O-])cc2)cc(Cl)n1. The molecule has 1 amide bonds. The fourth-order valence-electron chi connectivity index (χ4n) is 1.73. The lowest BCUT2D eigenvalue weighted by Gasteiger charge is -2.06. The van der Waals surface area contributed by atoms with Crippen molar-refractivity contribution in [2.75, 3.05) is 5.32 Å². The zero-order valence-electron chi connectivity index (χ0n) is 11.2. The number of nitro groups is 1. The van der Waals surface area contributed by atoms with E-state index >= 15 is 0 Å². The van der Waals surface area contributed by atoms with Gasteiger partial charge in [-0.05, 0) is 30.7 Å². The number of pyridine rings is 1. The predicted molar refractivity (Wildman–Crippen MR) is 79.7 cm³/mol. The summed E-state index contributed by atoms with van der Waals surface area (Å²) in [6.07, 6.45) is 0.665. The molecule has 1 aromatic carbocycles. The van der Waals surface area contributed by atoms with Crippen LogP contribution in [-0.2, 0) is 6.42 Å². The average molecular weight is 306 g/mol. The highest BCUT2D eigenvalue weighted by Gasteiger charge is 2.10. The molecule has 1 aromatic heterocycles. The van der Waals surface area contributed by atoms with E-state index < -0.39 is 4.92 Å². The largest absolute Gasteiger partial charge is 0.322 e. The molecule has 2 rings (SSSR count). The van der Waals surface area contributed by atoms with E-state index in [0.29, 0.717) is 17.7 Å². The molecule has 0 saturated heterocycles. The highest BCUT2D eigenvalue weighted by molar-refractivity contribution is 6.29. The summed E-state index contributed by atoms with van der Waals surface area (Å²) in [6.45, 7) is 1.91. The van der Waals surface area contributed by atoms with Crippen molar-refractivity contribution < 1.29 is 9.72 Å². The number of nitrogens with one attached hydrogen (secondary N) is 1. The zero-order chi connectivity index (χ0) is 15.4. The second kappa shape index (κ2) is 6.32. The van der Waals surface area contributed by atoms with E-state index in [1.165, 1.54) is 30.3 Å². The zero-order valence-corrected chi connectivity index (χ0v) is 11.9. The maximum absolute atomic E-state index is 12.1. The molecule has 0 bridgehead atoms. The Balaban J connectivity index is 2.17. The van der Waals surface area contributed by atoms with E-state index in [2.05, 4.69) is 10.3 Å². The molecule has 0 aliphatic carbocycles. The van der Waals surface area contributed by atoms with Crippen LogP contribution in [0, 0.1) is 10.1 Å². The molecule has 6 nitrogen and oxygen atoms in total. The second-order valence-corrected chi connectivity index (χ2v) is 4.67. The third-order valence-corrected chi connectivity index (χ3v) is 3.00. The van der Waals surface area contributed by atoms with Gasteiger partial charge in [-0.25, -0.2) is 4.98 Å². The number of rotatable bonds is 4. The summed E-state index contributed by atoms with van der Waals surface area (Å²) in [5, 5.41) is 13.5. The van der Waals surface area contributed by atoms with Crippen molar-refractivity contribution in [3.05, 3.63) is 62.9 Å². The molecular weight excluding hydrogens is 294 g/mol. The van der Waals surface area contributed by atoms with Crippen molar-refractivity contribution in [3.8, 4) is 0 Å². The summed E-state index contributed by atoms with van der Waals surface area (Å²) < 4.78 is 0. The third-order valence-electron chi connectivity index (χ3n) is 2.81. The Bertz CT molecular complexity index is 686. The molecule has 0 unspecified atom stereocenters. The quantitative estimate of drug-likeness (QED) is 0.532. The van der Waals surface area contributed by atoms with Crippen LogP contribution in [0.2, 0.25) is 5.15 Å². The molecule has 108 valence electrons. The van der Waals surface area contributed by atoms with Crippen molar-refractivity contribution in [3.63, 3.8) is 0 Å². The number of carbonyl (C=O) groups excluding carboxylic acids is 1. The number of non-ortho nitro benzene ring substituents is 1. The molecule has 2 aromatic rings. The van der Waals surface area contributed by atoms with Gasteiger partial charge in [-0.15, -0.1) is 0 Å². The summed E-state index contributed by atoms with van der Waals surface area (Å²) in [6, 6.07) is 8.73. The van der Waals surface area contributed by atoms with Crippen molar-refractivity contribution in [2.45, 2.75) is 13.3 Å². The van der Waals surface area contributed by atoms with E-state index in [9.17, 15) is 14.9 Å². The lowest BCUT2D eigenvalue weighted by molar-refractivity contribution is -0.384. The number of nitro benzene ring substituents is 1. The summed E-state index contributed by atoms with van der Waals surface area (Å²) in [4.78, 5) is 26.3. The van der Waals surface area contributed by atoms with Gasteiger partial charge < -0.3 is 5.32 Å². The van der Waals surface area contributed by atoms with Crippen LogP contribution in [0.4, 0.5) is 11.4 Å². The first-order valence-corrected chi connectivity index (χ1v) is 6.59. The first-order valence-electron chi connectivity index (χ1n) is 6.22. The number of carbonyl (C=O) groups is 1. The Kier molecular flexibility index (Phi) is 4.49. The molecule has 0 aliphatic rings. The van der Waals surface area contributed by atoms with Crippen LogP contribution in [0.3, 0.4) is 0 Å². The minimum atomic E-state index is -0.498. The van der Waals surface area contributed by atoms with Crippen LogP contribution >= 0.6 is 11.6 Å². The van der Waals surface area contributed by atoms with Gasteiger partial charge in [0.15, 0.2) is 0 Å². The monoisotopic (exact) mass is 305 g/mol. The molecule has 21 heavy (non-hydrogen) atoms. The second-order valence-electron chi connectivity index (χ2n) is 4.28. The normalized spacial score (nSPS) is 10.2. The fraction of sp³-hybridized carbons (Fsp3) is 0.143. The lowest BCUT2D eigenvalue weighted by atomic mass is 10.2. The summed E-state index contributed by atoms with van der Waals surface area (Å²) in [7, 11) is 0. The maximum atomic E-state index is 12.1. The minimum Gasteiger partial charge on any atom is -0.322 e. The van der Waals surface area contributed by atoms with E-state index in [0.717, 1.165) is 5.69 Å². The molecule has 7 heteroatoms. The number of amides is 1. The Morgan fingerprint density at radius 2 is 2.00 bits per heavy atom. The summed E-state index contributed by atoms with van der Waals surface area (Å²) >= 11 is 5.87. The maximum Gasteiger partial charge on any atom is 0.269 e. The number of halogens is 1. The van der Waals surface area contributed by atoms with E-state index in [1.807, 2.05) is 6.92 Å². The molecule has 0 fully saturated rings. The molecule has 0 spiro atoms. The van der Waals surface area contributed by atoms with Crippen molar-refractivity contribution in [1.82, 2.24) is 4.98 Å². The van der Waals surface area contributed by atoms with Gasteiger partial charge in [0, 0.05) is 29.1 Å². The smallest absolute Gasteiger partial charge is 0.269 e. The predicted octanol–water partition coefficient (Wildman–Crippen LogP) is 3.46. The van der Waals surface area contributed by atoms with Gasteiger partial charge in [0.1, 0.15) is 5.15 Å². The molecule has 1 N–H and O–H groups in total. The van der Waals surface area contributed by atoms with Crippen LogP contribution in [0.1, 0.15) is 23.0 Å². The number of hydrogen-bond acceptors (Lipinski definition) is 4. The van der Waals surface area contributed by atoms with Gasteiger partial charge in [0.2, 0.25) is 0 Å². The standard InChI is InChI=1S/C14H12ClN3O3/c1-2-10-7-9(8-13(15)16-10)14(19)17-11-3-5-12(6-4-11)18(20)21/h3-8H,2H2,1H3,(H,17,19). The van der Waals surface area contributed by atoms with Gasteiger partial charge in [-0.3, -0.25) is 14.9 Å². The average Bonchev–Trinajstić information content (AvgIpc) is 2.47. The van der Waals surface area contributed by atoms with Gasteiger partial charge in [0.25, 0.3) is 11.6 Å². The van der Waals surface area contributed by atoms with Crippen molar-refractivity contribution in [2.24, 2.45) is 0 Å². The summed E-state index contributed by atoms with van der Waals surface area (Å²) in [5.41, 5.74) is 1.55. The Hall–Kier alpha value is -2.47. The first-order chi connectivity index (χ1) is 9.99. The van der Waals surface area contributed by atoms with Crippen LogP contribution < -0.4 is 5.32 Å². The molecule has 0 aliphatic heterocycles. The fourth-order valence-corrected chi connectivity index (χ4v) is 1.96. The van der Waals surface area contributed by atoms with Crippen LogP contribution in [0.15, 0.2) is 36.4 Å². The lowest BCUT2D eigenvalue weighted by Crippen LogP contribution is -2.12. The van der Waals surface area contributed by atoms with Crippen LogP contribution in [0.5, 0.6) is 0 Å². The van der Waals surface area contributed by atoms with Gasteiger partial charge >= 0.3 is 0 Å². The van der Waals surface area contributed by atoms with E-state index in [1.54, 1.807) is 6.07 Å². The number of aromatic nitrogens is 1. The van der Waals surface area contributed by atoms with Gasteiger partial charge in [-0.1, -0.05) is 18.5 Å². The highest BCUT2D eigenvalue weighted by atomic mass is 35.5. The Morgan fingerprint density at radius 3 is 2.57 bits per heavy atom. The van der Waals surface area contributed by atoms with Gasteiger partial charge in [0.05, 0.1) is 4.92 Å². The molecule has 1 heterocycles. The number of nitrogens with zero attached hydrogens (tertiary/aromatic N) is 2. The Labute approximate surface area is 125 Å². The van der Waals surface area contributed by atoms with Gasteiger partial charge in [-0.2, -0.15) is 0 Å². The van der Waals surface area contributed by atoms with Crippen molar-refractivity contribution >= 4 is 28.9 Å². The number of aryl methyl sites for hydroxylation is 1. The molecule has 0 saturated carbocycles. The molecular formula is C14H12ClN3O3. The van der Waals surface area contributed by atoms with Crippen LogP contribution in [0.25, 0.3) is 0 Å². The number of benzene rings is 1. The van der Waals surface area contributed by atoms with E-state index in [4.69, 9.17) is 11.6 Å². The number of hydrogen-bond donors (Lipinski definition) is 1. The van der Waals surface area contributed by atoms with Crippen molar-refractivity contribution in [1.29, 1.82) is 0 Å². The topological polar surface area (TPSA) is 85.1 Å². The summed E-state index contributed by atoms with van der Waals surface area (Å²) in [5.74, 6) is -0.345. The van der Waals surface area contributed by atoms with Crippen LogP contribution in [-0.4, -0.2) is 15.8 Å². The first kappa shape index (κ1) is 14.9. The Morgan fingerprint density at radius 1 is 1.33 bits per heavy atom. The highest BCUT2D eigenvalue weighted by Crippen LogP contribution is 2.17. The molecule has 0 atom stereocenters. The molecule has 0 radical (unpaired) electrons. The van der Waals surface area contributed by atoms with E-state index in [-0.39, 0.29) is 16.7 Å². The number of anilines is 1. The third kappa shape index (κ3) is 3.76. The minimum absolute atomic E-state index is 0.0341.